The van der Waals surface area contributed by atoms with E-state index in [9.17, 15) is 0 Å². The molecule has 0 unspecified atom stereocenters. The Labute approximate surface area is 316 Å². The number of hydrogen-bond acceptors (Lipinski definition) is 4. The molecule has 0 atom stereocenters. The minimum Gasteiger partial charge on any atom is -0.456 e. The van der Waals surface area contributed by atoms with Crippen LogP contribution in [0.15, 0.2) is 207 Å². The Morgan fingerprint density at radius 2 is 0.811 bits per heavy atom. The Morgan fingerprint density at radius 3 is 1.40 bits per heavy atom. The maximum absolute atomic E-state index is 5.97. The highest BCUT2D eigenvalue weighted by Crippen LogP contribution is 2.36. The van der Waals surface area contributed by atoms with E-state index in [0.29, 0.717) is 0 Å². The smallest absolute Gasteiger partial charge is 0.137 e. The van der Waals surface area contributed by atoms with E-state index in [0.717, 1.165) is 65.4 Å². The van der Waals surface area contributed by atoms with Crippen LogP contribution in [0, 0.1) is 0 Å². The molecule has 256 valence electrons. The topological polar surface area (TPSA) is 64.3 Å². The van der Waals surface area contributed by atoms with E-state index in [2.05, 4.69) is 130 Å². The monoisotopic (exact) mass is 750 g/mol. The SMILES string of the molecule is Brc1ccc(-c2ccccc2)cc1.Nc1cccc2oc3ccccc3c12.c1ccc(-c2ccc(Nc3cccc4oc5ccccc5c34)cc2)cc1. The molecule has 3 N–H and O–H groups in total. The lowest BCUT2D eigenvalue weighted by Crippen LogP contribution is -1.90. The van der Waals surface area contributed by atoms with E-state index < -0.39 is 0 Å². The van der Waals surface area contributed by atoms with Crippen LogP contribution < -0.4 is 11.1 Å². The number of nitrogen functional groups attached to an aromatic ring is 1. The second kappa shape index (κ2) is 15.4. The summed E-state index contributed by atoms with van der Waals surface area (Å²) < 4.78 is 12.7. The summed E-state index contributed by atoms with van der Waals surface area (Å²) in [5.41, 5.74) is 17.3. The van der Waals surface area contributed by atoms with Crippen LogP contribution in [0.5, 0.6) is 0 Å². The fourth-order valence-electron chi connectivity index (χ4n) is 6.49. The van der Waals surface area contributed by atoms with E-state index in [4.69, 9.17) is 14.6 Å². The van der Waals surface area contributed by atoms with Gasteiger partial charge in [-0.25, -0.2) is 0 Å². The first-order chi connectivity index (χ1) is 26.1. The summed E-state index contributed by atoms with van der Waals surface area (Å²) in [7, 11) is 0. The molecule has 5 heteroatoms. The first-order valence-corrected chi connectivity index (χ1v) is 18.2. The highest BCUT2D eigenvalue weighted by atomic mass is 79.9. The minimum atomic E-state index is 0.771. The third-order valence-electron chi connectivity index (χ3n) is 9.06. The van der Waals surface area contributed by atoms with Gasteiger partial charge in [-0.2, -0.15) is 0 Å². The second-order valence-corrected chi connectivity index (χ2v) is 13.5. The van der Waals surface area contributed by atoms with Crippen LogP contribution in [-0.4, -0.2) is 0 Å². The molecule has 10 rings (SSSR count). The van der Waals surface area contributed by atoms with Crippen molar-refractivity contribution in [2.45, 2.75) is 0 Å². The summed E-state index contributed by atoms with van der Waals surface area (Å²) in [5, 5.41) is 7.90. The van der Waals surface area contributed by atoms with Crippen LogP contribution in [0.3, 0.4) is 0 Å². The van der Waals surface area contributed by atoms with E-state index >= 15 is 0 Å². The summed E-state index contributed by atoms with van der Waals surface area (Å²) in [6.45, 7) is 0. The molecule has 4 nitrogen and oxygen atoms in total. The number of nitrogens with two attached hydrogens (primary N) is 1. The zero-order valence-corrected chi connectivity index (χ0v) is 30.3. The van der Waals surface area contributed by atoms with Gasteiger partial charge in [0.15, 0.2) is 0 Å². The number of anilines is 3. The number of hydrogen-bond donors (Lipinski definition) is 2. The van der Waals surface area contributed by atoms with Gasteiger partial charge in [-0.1, -0.05) is 149 Å². The minimum absolute atomic E-state index is 0.771. The van der Waals surface area contributed by atoms with Crippen molar-refractivity contribution in [1.82, 2.24) is 0 Å². The van der Waals surface area contributed by atoms with Crippen LogP contribution in [0.25, 0.3) is 66.1 Å². The van der Waals surface area contributed by atoms with Crippen molar-refractivity contribution in [3.8, 4) is 22.3 Å². The summed E-state index contributed by atoms with van der Waals surface area (Å²) in [4.78, 5) is 0. The van der Waals surface area contributed by atoms with E-state index in [1.165, 1.54) is 22.3 Å². The molecule has 10 aromatic rings. The van der Waals surface area contributed by atoms with Crippen molar-refractivity contribution >= 4 is 76.9 Å². The predicted octanol–water partition coefficient (Wildman–Crippen LogP) is 14.3. The van der Waals surface area contributed by atoms with E-state index in [1.54, 1.807) is 0 Å². The highest BCUT2D eigenvalue weighted by molar-refractivity contribution is 9.10. The van der Waals surface area contributed by atoms with Gasteiger partial charge in [-0.05, 0) is 82.9 Å². The van der Waals surface area contributed by atoms with Crippen molar-refractivity contribution < 1.29 is 8.83 Å². The van der Waals surface area contributed by atoms with Crippen molar-refractivity contribution in [2.24, 2.45) is 0 Å². The van der Waals surface area contributed by atoms with Gasteiger partial charge in [0.2, 0.25) is 0 Å². The average Bonchev–Trinajstić information content (AvgIpc) is 3.80. The van der Waals surface area contributed by atoms with Crippen LogP contribution in [0.1, 0.15) is 0 Å². The Kier molecular flexibility index (Phi) is 9.73. The Hall–Kier alpha value is -6.56. The van der Waals surface area contributed by atoms with Crippen molar-refractivity contribution in [3.63, 3.8) is 0 Å². The molecule has 0 fully saturated rings. The lowest BCUT2D eigenvalue weighted by atomic mass is 10.1. The molecule has 0 saturated carbocycles. The van der Waals surface area contributed by atoms with Gasteiger partial charge in [0.1, 0.15) is 22.3 Å². The Balaban J connectivity index is 0.000000125. The van der Waals surface area contributed by atoms with Gasteiger partial charge in [-0.15, -0.1) is 0 Å². The molecule has 2 heterocycles. The first-order valence-electron chi connectivity index (χ1n) is 17.4. The summed E-state index contributed by atoms with van der Waals surface area (Å²) in [6, 6.07) is 65.6. The molecule has 8 aromatic carbocycles. The van der Waals surface area contributed by atoms with Gasteiger partial charge in [0, 0.05) is 26.6 Å². The predicted molar refractivity (Wildman–Crippen MR) is 227 cm³/mol. The zero-order chi connectivity index (χ0) is 36.0. The number of nitrogens with one attached hydrogen (secondary N) is 1. The molecule has 0 spiro atoms. The summed E-state index contributed by atoms with van der Waals surface area (Å²) >= 11 is 3.42. The fraction of sp³-hybridized carbons (Fsp3) is 0. The summed E-state index contributed by atoms with van der Waals surface area (Å²) in [5.74, 6) is 0. The van der Waals surface area contributed by atoms with Gasteiger partial charge in [-0.3, -0.25) is 0 Å². The third kappa shape index (κ3) is 7.43. The molecular weight excluding hydrogens is 716 g/mol. The number of rotatable bonds is 4. The van der Waals surface area contributed by atoms with Crippen molar-refractivity contribution in [1.29, 1.82) is 0 Å². The van der Waals surface area contributed by atoms with E-state index in [-0.39, 0.29) is 0 Å². The van der Waals surface area contributed by atoms with E-state index in [1.807, 2.05) is 84.9 Å². The molecule has 0 aliphatic carbocycles. The normalized spacial score (nSPS) is 10.8. The Bertz CT molecular complexity index is 2750. The quantitative estimate of drug-likeness (QED) is 0.176. The molecule has 2 aromatic heterocycles. The first kappa shape index (κ1) is 33.6. The molecule has 0 aliphatic heterocycles. The lowest BCUT2D eigenvalue weighted by Gasteiger charge is -2.09. The molecule has 0 radical (unpaired) electrons. The number of halogens is 1. The average molecular weight is 752 g/mol. The van der Waals surface area contributed by atoms with Gasteiger partial charge >= 0.3 is 0 Å². The molecule has 53 heavy (non-hydrogen) atoms. The van der Waals surface area contributed by atoms with Crippen LogP contribution in [0.4, 0.5) is 17.1 Å². The largest absolute Gasteiger partial charge is 0.456 e. The second-order valence-electron chi connectivity index (χ2n) is 12.5. The van der Waals surface area contributed by atoms with Crippen LogP contribution >= 0.6 is 15.9 Å². The van der Waals surface area contributed by atoms with Gasteiger partial charge < -0.3 is 19.9 Å². The molecular formula is C48H35BrN2O2. The lowest BCUT2D eigenvalue weighted by molar-refractivity contribution is 0.668. The third-order valence-corrected chi connectivity index (χ3v) is 9.59. The Morgan fingerprint density at radius 1 is 0.377 bits per heavy atom. The number of furan rings is 2. The number of fused-ring (bicyclic) bond motifs is 6. The van der Waals surface area contributed by atoms with Crippen LogP contribution in [0.2, 0.25) is 0 Å². The molecule has 0 amide bonds. The fourth-order valence-corrected chi connectivity index (χ4v) is 6.75. The van der Waals surface area contributed by atoms with Crippen LogP contribution in [-0.2, 0) is 0 Å². The van der Waals surface area contributed by atoms with Crippen molar-refractivity contribution in [2.75, 3.05) is 11.1 Å². The molecule has 0 bridgehead atoms. The standard InChI is InChI=1S/C24H17NO.C12H9Br.C12H9NO/c1-2-7-17(8-3-1)18-13-15-19(16-14-18)25-21-10-6-12-23-24(21)20-9-4-5-11-22(20)26-23;13-12-8-6-11(7-9-12)10-4-2-1-3-5-10;13-9-5-3-7-11-12(9)8-4-1-2-6-10(8)14-11/h1-16,25H;1-9H;1-7H,13H2. The number of para-hydroxylation sites is 2. The molecule has 0 saturated heterocycles. The van der Waals surface area contributed by atoms with Gasteiger partial charge in [0.05, 0.1) is 16.5 Å². The maximum atomic E-state index is 5.97. The highest BCUT2D eigenvalue weighted by Gasteiger charge is 2.11. The van der Waals surface area contributed by atoms with Gasteiger partial charge in [0.25, 0.3) is 0 Å². The van der Waals surface area contributed by atoms with Crippen molar-refractivity contribution in [3.05, 3.63) is 199 Å². The zero-order valence-electron chi connectivity index (χ0n) is 28.7. The number of benzene rings is 8. The summed E-state index contributed by atoms with van der Waals surface area (Å²) in [6.07, 6.45) is 0. The molecule has 0 aliphatic rings. The maximum Gasteiger partial charge on any atom is 0.137 e.